The summed E-state index contributed by atoms with van der Waals surface area (Å²) in [6, 6.07) is 17.6. The number of fused-ring (bicyclic) bond motifs is 1. The Hall–Kier alpha value is -3.75. The van der Waals surface area contributed by atoms with Crippen molar-refractivity contribution in [1.82, 2.24) is 24.9 Å². The molecule has 0 spiro atoms. The first-order chi connectivity index (χ1) is 17.1. The van der Waals surface area contributed by atoms with E-state index in [2.05, 4.69) is 9.97 Å². The molecule has 0 bridgehead atoms. The fourth-order valence-corrected chi connectivity index (χ4v) is 4.94. The van der Waals surface area contributed by atoms with Crippen molar-refractivity contribution in [2.24, 2.45) is 0 Å². The van der Waals surface area contributed by atoms with Crippen LogP contribution in [-0.2, 0) is 11.3 Å². The number of carbonyl (C=O) groups is 1. The maximum Gasteiger partial charge on any atom is 0.222 e. The van der Waals surface area contributed by atoms with Gasteiger partial charge in [0, 0.05) is 37.3 Å². The minimum Gasteiger partial charge on any atom is -0.785 e. The van der Waals surface area contributed by atoms with Gasteiger partial charge >= 0.3 is 0 Å². The zero-order valence-electron chi connectivity index (χ0n) is 19.3. The second-order valence-corrected chi connectivity index (χ2v) is 9.24. The fourth-order valence-electron chi connectivity index (χ4n) is 4.94. The van der Waals surface area contributed by atoms with E-state index in [0.29, 0.717) is 43.4 Å². The third-order valence-electron chi connectivity index (χ3n) is 6.83. The average Bonchev–Trinajstić information content (AvgIpc) is 3.60. The van der Waals surface area contributed by atoms with Crippen LogP contribution in [0.2, 0.25) is 0 Å². The number of rotatable bonds is 6. The third-order valence-corrected chi connectivity index (χ3v) is 6.83. The highest BCUT2D eigenvalue weighted by molar-refractivity contribution is 5.82. The molecule has 1 N–H and O–H groups in total. The summed E-state index contributed by atoms with van der Waals surface area (Å²) in [5, 5.41) is 12.7. The third kappa shape index (κ3) is 4.50. The zero-order chi connectivity index (χ0) is 23.8. The van der Waals surface area contributed by atoms with Crippen LogP contribution in [-0.4, -0.2) is 50.5 Å². The summed E-state index contributed by atoms with van der Waals surface area (Å²) in [4.78, 5) is 26.7. The topological polar surface area (TPSA) is 97.4 Å². The highest BCUT2D eigenvalue weighted by Gasteiger charge is 2.23. The molecule has 4 aromatic rings. The van der Waals surface area contributed by atoms with E-state index >= 15 is 0 Å². The lowest BCUT2D eigenvalue weighted by Crippen LogP contribution is -2.24. The first-order valence-electron chi connectivity index (χ1n) is 12.0. The number of amides is 1. The van der Waals surface area contributed by atoms with Gasteiger partial charge in [-0.05, 0) is 67.7 Å². The number of ether oxygens (including phenoxy) is 1. The molecule has 0 saturated carbocycles. The molecule has 1 amide bonds. The molecule has 8 nitrogen and oxygen atoms in total. The minimum atomic E-state index is 0.170. The number of aromatic nitrogens is 3. The van der Waals surface area contributed by atoms with Crippen molar-refractivity contribution in [2.75, 3.05) is 19.6 Å². The number of hydroxylamine groups is 2. The number of aromatic amines is 1. The highest BCUT2D eigenvalue weighted by Crippen LogP contribution is 2.34. The Morgan fingerprint density at radius 3 is 2.71 bits per heavy atom. The molecule has 2 saturated heterocycles. The van der Waals surface area contributed by atoms with Crippen LogP contribution in [0.5, 0.6) is 11.5 Å². The standard InChI is InChI=1S/C27H26N5O3/c33-26-5-3-12-31(26)16-20-14-23-24(30-27(29-23)22-4-1-2-11-28-22)15-25(20)35-21-8-6-18(7-9-21)19-10-13-32(34)17-19/h1-2,4,6-9,11,14-15,19H,3,5,10,12-13,16-17H2,(H,29,30)/q-1. The molecule has 178 valence electrons. The van der Waals surface area contributed by atoms with E-state index in [1.54, 1.807) is 6.20 Å². The average molecular weight is 469 g/mol. The molecule has 2 fully saturated rings. The number of hydrogen-bond acceptors (Lipinski definition) is 6. The van der Waals surface area contributed by atoms with Crippen LogP contribution in [0.15, 0.2) is 60.8 Å². The number of pyridine rings is 1. The van der Waals surface area contributed by atoms with E-state index in [1.165, 1.54) is 0 Å². The van der Waals surface area contributed by atoms with Crippen molar-refractivity contribution < 1.29 is 9.53 Å². The van der Waals surface area contributed by atoms with Crippen LogP contribution >= 0.6 is 0 Å². The molecular weight excluding hydrogens is 442 g/mol. The Balaban J connectivity index is 1.32. The summed E-state index contributed by atoms with van der Waals surface area (Å²) in [5.74, 6) is 2.51. The van der Waals surface area contributed by atoms with E-state index in [-0.39, 0.29) is 11.8 Å². The van der Waals surface area contributed by atoms with Gasteiger partial charge in [-0.3, -0.25) is 9.78 Å². The molecule has 2 aliphatic heterocycles. The van der Waals surface area contributed by atoms with Gasteiger partial charge in [0.15, 0.2) is 5.82 Å². The molecule has 2 aliphatic rings. The molecule has 8 heteroatoms. The lowest BCUT2D eigenvalue weighted by Gasteiger charge is -2.21. The number of carbonyl (C=O) groups excluding carboxylic acids is 1. The fraction of sp³-hybridized carbons (Fsp3) is 0.296. The smallest absolute Gasteiger partial charge is 0.222 e. The molecular formula is C27H26N5O3-. The van der Waals surface area contributed by atoms with Gasteiger partial charge in [-0.1, -0.05) is 18.2 Å². The minimum absolute atomic E-state index is 0.170. The van der Waals surface area contributed by atoms with E-state index in [0.717, 1.165) is 52.3 Å². The van der Waals surface area contributed by atoms with Crippen LogP contribution < -0.4 is 4.74 Å². The van der Waals surface area contributed by atoms with Crippen molar-refractivity contribution in [3.05, 3.63) is 77.1 Å². The molecule has 0 aliphatic carbocycles. The molecule has 4 heterocycles. The van der Waals surface area contributed by atoms with Crippen LogP contribution in [0, 0.1) is 5.21 Å². The van der Waals surface area contributed by atoms with E-state index in [4.69, 9.17) is 9.72 Å². The van der Waals surface area contributed by atoms with Crippen LogP contribution in [0.4, 0.5) is 0 Å². The Morgan fingerprint density at radius 2 is 2.00 bits per heavy atom. The summed E-state index contributed by atoms with van der Waals surface area (Å²) >= 11 is 0. The second kappa shape index (κ2) is 9.13. The Labute approximate surface area is 203 Å². The summed E-state index contributed by atoms with van der Waals surface area (Å²) in [5.41, 5.74) is 4.49. The summed E-state index contributed by atoms with van der Waals surface area (Å²) < 4.78 is 6.34. The van der Waals surface area contributed by atoms with Crippen molar-refractivity contribution in [1.29, 1.82) is 0 Å². The van der Waals surface area contributed by atoms with Gasteiger partial charge < -0.3 is 24.9 Å². The van der Waals surface area contributed by atoms with Crippen molar-refractivity contribution in [3.8, 4) is 23.0 Å². The number of likely N-dealkylation sites (tertiary alicyclic amines) is 1. The lowest BCUT2D eigenvalue weighted by atomic mass is 9.98. The molecule has 1 unspecified atom stereocenters. The van der Waals surface area contributed by atoms with Gasteiger partial charge in [-0.25, -0.2) is 4.98 Å². The molecule has 6 rings (SSSR count). The first-order valence-corrected chi connectivity index (χ1v) is 12.0. The monoisotopic (exact) mass is 468 g/mol. The quantitative estimate of drug-likeness (QED) is 0.435. The molecule has 1 atom stereocenters. The van der Waals surface area contributed by atoms with Gasteiger partial charge in [0.05, 0.1) is 11.0 Å². The first kappa shape index (κ1) is 21.8. The van der Waals surface area contributed by atoms with Crippen molar-refractivity contribution in [3.63, 3.8) is 0 Å². The highest BCUT2D eigenvalue weighted by atomic mass is 16.5. The van der Waals surface area contributed by atoms with Crippen molar-refractivity contribution in [2.45, 2.75) is 31.7 Å². The Bertz CT molecular complexity index is 1350. The molecule has 35 heavy (non-hydrogen) atoms. The largest absolute Gasteiger partial charge is 0.785 e. The Kier molecular flexibility index (Phi) is 5.67. The number of nitrogens with zero attached hydrogens (tertiary/aromatic N) is 4. The second-order valence-electron chi connectivity index (χ2n) is 9.24. The van der Waals surface area contributed by atoms with E-state index in [9.17, 15) is 10.0 Å². The number of nitrogens with one attached hydrogen (secondary N) is 1. The van der Waals surface area contributed by atoms with Gasteiger partial charge in [0.2, 0.25) is 5.91 Å². The normalized spacial score (nSPS) is 18.6. The number of H-pyrrole nitrogens is 1. The molecule has 0 radical (unpaired) electrons. The number of benzene rings is 2. The zero-order valence-corrected chi connectivity index (χ0v) is 19.3. The SMILES string of the molecule is O=C1CCCN1Cc1cc2[nH]c(-c3ccccn3)nc2cc1Oc1ccc(C2CCN([O-])C2)cc1. The lowest BCUT2D eigenvalue weighted by molar-refractivity contribution is -0.128. The predicted octanol–water partition coefficient (Wildman–Crippen LogP) is 4.83. The predicted molar refractivity (Wildman–Crippen MR) is 133 cm³/mol. The summed E-state index contributed by atoms with van der Waals surface area (Å²) in [6.45, 7) is 2.38. The maximum absolute atomic E-state index is 12.3. The Morgan fingerprint density at radius 1 is 1.11 bits per heavy atom. The van der Waals surface area contributed by atoms with Crippen LogP contribution in [0.1, 0.15) is 36.3 Å². The number of imidazole rings is 1. The molecule has 2 aromatic heterocycles. The van der Waals surface area contributed by atoms with E-state index in [1.807, 2.05) is 59.5 Å². The summed E-state index contributed by atoms with van der Waals surface area (Å²) in [6.07, 6.45) is 4.10. The van der Waals surface area contributed by atoms with Gasteiger partial charge in [-0.2, -0.15) is 0 Å². The summed E-state index contributed by atoms with van der Waals surface area (Å²) in [7, 11) is 0. The van der Waals surface area contributed by atoms with Crippen molar-refractivity contribution >= 4 is 16.9 Å². The maximum atomic E-state index is 12.3. The van der Waals surface area contributed by atoms with Gasteiger partial charge in [0.1, 0.15) is 17.2 Å². The van der Waals surface area contributed by atoms with Crippen LogP contribution in [0.25, 0.3) is 22.6 Å². The number of hydrogen-bond donors (Lipinski definition) is 1. The van der Waals surface area contributed by atoms with Gasteiger partial charge in [-0.15, -0.1) is 0 Å². The van der Waals surface area contributed by atoms with Crippen LogP contribution in [0.3, 0.4) is 0 Å². The van der Waals surface area contributed by atoms with Gasteiger partial charge in [0.25, 0.3) is 0 Å². The molecule has 2 aromatic carbocycles. The van der Waals surface area contributed by atoms with E-state index < -0.39 is 0 Å².